The molecule has 0 aliphatic heterocycles. The minimum Gasteiger partial charge on any atom is -0.496 e. The molecule has 0 spiro atoms. The van der Waals surface area contributed by atoms with Gasteiger partial charge in [-0.3, -0.25) is 10.1 Å². The van der Waals surface area contributed by atoms with E-state index in [1.54, 1.807) is 12.1 Å². The number of benzene rings is 3. The molecule has 8 heteroatoms. The molecule has 0 unspecified atom stereocenters. The lowest BCUT2D eigenvalue weighted by Crippen LogP contribution is -2.21. The number of amides is 1. The van der Waals surface area contributed by atoms with Gasteiger partial charge in [0, 0.05) is 15.4 Å². The number of halogens is 1. The van der Waals surface area contributed by atoms with Crippen LogP contribution in [-0.4, -0.2) is 30.6 Å². The molecule has 1 heterocycles. The highest BCUT2D eigenvalue weighted by molar-refractivity contribution is 9.10. The third-order valence-corrected chi connectivity index (χ3v) is 5.74. The lowest BCUT2D eigenvalue weighted by atomic mass is 10.1. The SMILES string of the molecule is COc1cc2ccccc2cc1C(=O)OCC(=O)Nc1nc(-c2cccc(Br)c2)cs1. The molecule has 31 heavy (non-hydrogen) atoms. The Labute approximate surface area is 191 Å². The number of rotatable bonds is 6. The average molecular weight is 497 g/mol. The zero-order valence-electron chi connectivity index (χ0n) is 16.4. The van der Waals surface area contributed by atoms with E-state index in [-0.39, 0.29) is 5.56 Å². The molecule has 0 bridgehead atoms. The number of ether oxygens (including phenoxy) is 2. The standard InChI is InChI=1S/C23H17BrN2O4S/c1-29-20-11-15-6-3-2-5-14(15)10-18(20)22(28)30-12-21(27)26-23-25-19(13-31-23)16-7-4-8-17(24)9-16/h2-11,13H,12H2,1H3,(H,25,26,27). The first kappa shape index (κ1) is 21.0. The van der Waals surface area contributed by atoms with Crippen LogP contribution in [0.2, 0.25) is 0 Å². The van der Waals surface area contributed by atoms with Crippen LogP contribution in [0.1, 0.15) is 10.4 Å². The van der Waals surface area contributed by atoms with Crippen LogP contribution in [0.3, 0.4) is 0 Å². The molecule has 0 saturated carbocycles. The van der Waals surface area contributed by atoms with Crippen molar-refractivity contribution >= 4 is 55.0 Å². The normalized spacial score (nSPS) is 10.6. The molecule has 0 aliphatic carbocycles. The average Bonchev–Trinajstić information content (AvgIpc) is 3.25. The van der Waals surface area contributed by atoms with Crippen LogP contribution in [0.25, 0.3) is 22.0 Å². The molecular formula is C23H17BrN2O4S. The Morgan fingerprint density at radius 2 is 1.84 bits per heavy atom. The van der Waals surface area contributed by atoms with Crippen LogP contribution in [0, 0.1) is 0 Å². The van der Waals surface area contributed by atoms with Gasteiger partial charge in [0.2, 0.25) is 0 Å². The summed E-state index contributed by atoms with van der Waals surface area (Å²) >= 11 is 4.73. The molecule has 4 aromatic rings. The molecule has 1 amide bonds. The van der Waals surface area contributed by atoms with Gasteiger partial charge in [-0.15, -0.1) is 11.3 Å². The number of carbonyl (C=O) groups is 2. The highest BCUT2D eigenvalue weighted by Crippen LogP contribution is 2.28. The van der Waals surface area contributed by atoms with E-state index in [0.29, 0.717) is 10.9 Å². The summed E-state index contributed by atoms with van der Waals surface area (Å²) in [7, 11) is 1.49. The van der Waals surface area contributed by atoms with E-state index in [1.807, 2.05) is 53.9 Å². The molecule has 1 N–H and O–H groups in total. The van der Waals surface area contributed by atoms with Crippen molar-refractivity contribution in [1.82, 2.24) is 4.98 Å². The summed E-state index contributed by atoms with van der Waals surface area (Å²) in [6, 6.07) is 18.8. The molecule has 4 rings (SSSR count). The lowest BCUT2D eigenvalue weighted by Gasteiger charge is -2.10. The fourth-order valence-electron chi connectivity index (χ4n) is 3.02. The van der Waals surface area contributed by atoms with Crippen molar-refractivity contribution in [2.45, 2.75) is 0 Å². The Hall–Kier alpha value is -3.23. The second kappa shape index (κ2) is 9.28. The monoisotopic (exact) mass is 496 g/mol. The summed E-state index contributed by atoms with van der Waals surface area (Å²) < 4.78 is 11.5. The number of anilines is 1. The van der Waals surface area contributed by atoms with Gasteiger partial charge in [0.15, 0.2) is 11.7 Å². The number of fused-ring (bicyclic) bond motifs is 1. The van der Waals surface area contributed by atoms with Gasteiger partial charge in [0.1, 0.15) is 11.3 Å². The van der Waals surface area contributed by atoms with E-state index < -0.39 is 18.5 Å². The van der Waals surface area contributed by atoms with Crippen molar-refractivity contribution in [3.63, 3.8) is 0 Å². The molecule has 1 aromatic heterocycles. The van der Waals surface area contributed by atoms with Crippen molar-refractivity contribution in [2.24, 2.45) is 0 Å². The maximum absolute atomic E-state index is 12.5. The Morgan fingerprint density at radius 3 is 2.58 bits per heavy atom. The topological polar surface area (TPSA) is 77.5 Å². The Balaban J connectivity index is 1.40. The summed E-state index contributed by atoms with van der Waals surface area (Å²) in [4.78, 5) is 29.2. The summed E-state index contributed by atoms with van der Waals surface area (Å²) in [6.45, 7) is -0.430. The third-order valence-electron chi connectivity index (χ3n) is 4.49. The van der Waals surface area contributed by atoms with Crippen molar-refractivity contribution in [3.8, 4) is 17.0 Å². The number of esters is 1. The molecule has 0 radical (unpaired) electrons. The quantitative estimate of drug-likeness (QED) is 0.355. The highest BCUT2D eigenvalue weighted by atomic mass is 79.9. The summed E-state index contributed by atoms with van der Waals surface area (Å²) in [5.74, 6) is -0.710. The predicted molar refractivity (Wildman–Crippen MR) is 125 cm³/mol. The van der Waals surface area contributed by atoms with Gasteiger partial charge in [-0.2, -0.15) is 0 Å². The van der Waals surface area contributed by atoms with Crippen LogP contribution in [0.5, 0.6) is 5.75 Å². The van der Waals surface area contributed by atoms with Gasteiger partial charge < -0.3 is 9.47 Å². The smallest absolute Gasteiger partial charge is 0.342 e. The molecule has 0 aliphatic rings. The molecule has 156 valence electrons. The van der Waals surface area contributed by atoms with Gasteiger partial charge in [0.25, 0.3) is 5.91 Å². The van der Waals surface area contributed by atoms with Gasteiger partial charge in [-0.1, -0.05) is 52.3 Å². The van der Waals surface area contributed by atoms with E-state index >= 15 is 0 Å². The Bertz CT molecular complexity index is 1270. The second-order valence-electron chi connectivity index (χ2n) is 6.57. The van der Waals surface area contributed by atoms with Crippen molar-refractivity contribution in [2.75, 3.05) is 19.0 Å². The number of nitrogens with zero attached hydrogens (tertiary/aromatic N) is 1. The fraction of sp³-hybridized carbons (Fsp3) is 0.0870. The van der Waals surface area contributed by atoms with Crippen LogP contribution in [-0.2, 0) is 9.53 Å². The number of carbonyl (C=O) groups excluding carboxylic acids is 2. The third kappa shape index (κ3) is 4.92. The number of hydrogen-bond donors (Lipinski definition) is 1. The molecule has 6 nitrogen and oxygen atoms in total. The fourth-order valence-corrected chi connectivity index (χ4v) is 4.16. The summed E-state index contributed by atoms with van der Waals surface area (Å²) in [5, 5.41) is 6.76. The van der Waals surface area contributed by atoms with E-state index in [1.165, 1.54) is 18.4 Å². The van der Waals surface area contributed by atoms with Gasteiger partial charge in [-0.05, 0) is 35.0 Å². The molecular weight excluding hydrogens is 480 g/mol. The van der Waals surface area contributed by atoms with E-state index in [9.17, 15) is 9.59 Å². The van der Waals surface area contributed by atoms with Crippen molar-refractivity contribution < 1.29 is 19.1 Å². The van der Waals surface area contributed by atoms with E-state index in [0.717, 1.165) is 26.5 Å². The molecule has 0 saturated heterocycles. The van der Waals surface area contributed by atoms with E-state index in [2.05, 4.69) is 26.2 Å². The Kier molecular flexibility index (Phi) is 6.29. The number of aromatic nitrogens is 1. The predicted octanol–water partition coefficient (Wildman–Crippen LogP) is 5.53. The second-order valence-corrected chi connectivity index (χ2v) is 8.35. The van der Waals surface area contributed by atoms with Crippen molar-refractivity contribution in [1.29, 1.82) is 0 Å². The maximum Gasteiger partial charge on any atom is 0.342 e. The summed E-state index contributed by atoms with van der Waals surface area (Å²) in [6.07, 6.45) is 0. The first-order chi connectivity index (χ1) is 15.0. The molecule has 0 fully saturated rings. The summed E-state index contributed by atoms with van der Waals surface area (Å²) in [5.41, 5.74) is 1.95. The highest BCUT2D eigenvalue weighted by Gasteiger charge is 2.17. The molecule has 0 atom stereocenters. The lowest BCUT2D eigenvalue weighted by molar-refractivity contribution is -0.119. The van der Waals surface area contributed by atoms with Crippen molar-refractivity contribution in [3.05, 3.63) is 76.1 Å². The Morgan fingerprint density at radius 1 is 1.06 bits per heavy atom. The number of hydrogen-bond acceptors (Lipinski definition) is 6. The van der Waals surface area contributed by atoms with Gasteiger partial charge in [-0.25, -0.2) is 9.78 Å². The van der Waals surface area contributed by atoms with Crippen LogP contribution in [0.4, 0.5) is 5.13 Å². The minimum atomic E-state index is -0.633. The van der Waals surface area contributed by atoms with Gasteiger partial charge >= 0.3 is 5.97 Å². The number of methoxy groups -OCH3 is 1. The zero-order valence-corrected chi connectivity index (χ0v) is 18.8. The number of thiazole rings is 1. The first-order valence-electron chi connectivity index (χ1n) is 9.29. The van der Waals surface area contributed by atoms with E-state index in [4.69, 9.17) is 9.47 Å². The van der Waals surface area contributed by atoms with Gasteiger partial charge in [0.05, 0.1) is 12.8 Å². The zero-order chi connectivity index (χ0) is 21.8. The van der Waals surface area contributed by atoms with Crippen LogP contribution >= 0.6 is 27.3 Å². The largest absolute Gasteiger partial charge is 0.496 e. The minimum absolute atomic E-state index is 0.264. The molecule has 3 aromatic carbocycles. The van der Waals surface area contributed by atoms with Crippen LogP contribution in [0.15, 0.2) is 70.5 Å². The first-order valence-corrected chi connectivity index (χ1v) is 11.0. The number of nitrogens with one attached hydrogen (secondary N) is 1. The maximum atomic E-state index is 12.5. The van der Waals surface area contributed by atoms with Crippen LogP contribution < -0.4 is 10.1 Å².